The summed E-state index contributed by atoms with van der Waals surface area (Å²) in [5.41, 5.74) is 6.56. The lowest BCUT2D eigenvalue weighted by Gasteiger charge is -2.31. The number of aliphatic hydroxyl groups is 1. The molecule has 3 rings (SSSR count). The molecule has 0 spiro atoms. The Morgan fingerprint density at radius 3 is 2.67 bits per heavy atom. The van der Waals surface area contributed by atoms with Crippen molar-refractivity contribution in [3.8, 4) is 0 Å². The van der Waals surface area contributed by atoms with Crippen LogP contribution in [0.25, 0.3) is 0 Å². The maximum absolute atomic E-state index is 12.9. The monoisotopic (exact) mass is 431 g/mol. The van der Waals surface area contributed by atoms with Gasteiger partial charge in [-0.3, -0.25) is 14.4 Å². The summed E-state index contributed by atoms with van der Waals surface area (Å²) < 4.78 is 3.90. The molecule has 9 heteroatoms. The zero-order chi connectivity index (χ0) is 21.7. The van der Waals surface area contributed by atoms with Crippen LogP contribution >= 0.6 is 11.8 Å². The molecule has 30 heavy (non-hydrogen) atoms. The molecular weight excluding hydrogens is 406 g/mol. The second kappa shape index (κ2) is 9.36. The van der Waals surface area contributed by atoms with Crippen LogP contribution in [0.4, 0.5) is 0 Å². The molecule has 160 valence electrons. The smallest absolute Gasteiger partial charge is 0.252 e. The van der Waals surface area contributed by atoms with E-state index in [4.69, 9.17) is 10.2 Å². The Morgan fingerprint density at radius 2 is 2.03 bits per heavy atom. The molecule has 1 aliphatic heterocycles. The minimum Gasteiger partial charge on any atom is -0.467 e. The molecule has 0 bridgehead atoms. The maximum Gasteiger partial charge on any atom is 0.252 e. The number of primary amides is 1. The van der Waals surface area contributed by atoms with Gasteiger partial charge in [-0.2, -0.15) is 0 Å². The van der Waals surface area contributed by atoms with Crippen LogP contribution in [0.15, 0.2) is 53.1 Å². The van der Waals surface area contributed by atoms with Crippen molar-refractivity contribution in [2.75, 3.05) is 5.88 Å². The van der Waals surface area contributed by atoms with E-state index in [0.717, 1.165) is 17.3 Å². The number of nitrogens with one attached hydrogen (secondary N) is 1. The lowest BCUT2D eigenvalue weighted by molar-refractivity contribution is -0.147. The number of hydrogen-bond acceptors (Lipinski definition) is 6. The van der Waals surface area contributed by atoms with Crippen molar-refractivity contribution in [2.24, 2.45) is 5.73 Å². The average molecular weight is 432 g/mol. The molecule has 1 unspecified atom stereocenters. The average Bonchev–Trinajstić information content (AvgIpc) is 3.39. The summed E-state index contributed by atoms with van der Waals surface area (Å²) in [6, 6.07) is 11.8. The number of nitrogens with zero attached hydrogens (tertiary/aromatic N) is 1. The van der Waals surface area contributed by atoms with E-state index in [0.29, 0.717) is 12.2 Å². The van der Waals surface area contributed by atoms with Gasteiger partial charge in [0.2, 0.25) is 11.8 Å². The minimum absolute atomic E-state index is 0.0828. The summed E-state index contributed by atoms with van der Waals surface area (Å²) in [5.74, 6) is -1.20. The van der Waals surface area contributed by atoms with Gasteiger partial charge in [0, 0.05) is 0 Å². The van der Waals surface area contributed by atoms with Crippen molar-refractivity contribution in [1.82, 2.24) is 10.2 Å². The zero-order valence-corrected chi connectivity index (χ0v) is 17.4. The van der Waals surface area contributed by atoms with E-state index in [-0.39, 0.29) is 18.8 Å². The molecule has 2 aromatic rings. The summed E-state index contributed by atoms with van der Waals surface area (Å²) in [4.78, 5) is 39.2. The summed E-state index contributed by atoms with van der Waals surface area (Å²) in [6.07, 6.45) is 0.913. The molecule has 0 saturated carbocycles. The molecule has 3 atom stereocenters. The topological polar surface area (TPSA) is 126 Å². The zero-order valence-electron chi connectivity index (χ0n) is 16.6. The van der Waals surface area contributed by atoms with Gasteiger partial charge in [-0.25, -0.2) is 0 Å². The highest BCUT2D eigenvalue weighted by Crippen LogP contribution is 2.40. The van der Waals surface area contributed by atoms with Crippen LogP contribution in [-0.4, -0.2) is 50.5 Å². The highest BCUT2D eigenvalue weighted by Gasteiger charge is 2.55. The van der Waals surface area contributed by atoms with E-state index in [1.807, 2.05) is 30.3 Å². The highest BCUT2D eigenvalue weighted by atomic mass is 32.2. The number of benzene rings is 1. The van der Waals surface area contributed by atoms with Gasteiger partial charge in [-0.15, -0.1) is 11.8 Å². The fourth-order valence-corrected chi connectivity index (χ4v) is 4.61. The summed E-state index contributed by atoms with van der Waals surface area (Å²) >= 11 is 1.12. The Labute approximate surface area is 178 Å². The molecule has 1 saturated heterocycles. The van der Waals surface area contributed by atoms with E-state index in [9.17, 15) is 19.5 Å². The minimum atomic E-state index is -1.30. The van der Waals surface area contributed by atoms with E-state index in [1.165, 1.54) is 11.2 Å². The number of thioether (sulfide) groups is 1. The molecule has 1 fully saturated rings. The second-order valence-corrected chi connectivity index (χ2v) is 8.69. The van der Waals surface area contributed by atoms with E-state index < -0.39 is 34.6 Å². The molecule has 4 N–H and O–H groups in total. The number of carbonyl (C=O) groups is 3. The van der Waals surface area contributed by atoms with Crippen LogP contribution in [0.2, 0.25) is 0 Å². The Bertz CT molecular complexity index is 889. The third-order valence-corrected chi connectivity index (χ3v) is 6.64. The Hall–Kier alpha value is -2.78. The van der Waals surface area contributed by atoms with Crippen LogP contribution in [0.1, 0.15) is 24.7 Å². The molecule has 1 aromatic carbocycles. The van der Waals surface area contributed by atoms with E-state index >= 15 is 0 Å². The Kier molecular flexibility index (Phi) is 6.84. The van der Waals surface area contributed by atoms with Crippen molar-refractivity contribution in [3.63, 3.8) is 0 Å². The molecule has 1 aliphatic rings. The van der Waals surface area contributed by atoms with Crippen molar-refractivity contribution >= 4 is 29.5 Å². The van der Waals surface area contributed by atoms with Gasteiger partial charge >= 0.3 is 0 Å². The van der Waals surface area contributed by atoms with E-state index in [1.54, 1.807) is 19.1 Å². The Balaban J connectivity index is 1.71. The first-order valence-corrected chi connectivity index (χ1v) is 10.6. The van der Waals surface area contributed by atoms with Crippen LogP contribution in [-0.2, 0) is 27.3 Å². The fourth-order valence-electron chi connectivity index (χ4n) is 3.39. The lowest BCUT2D eigenvalue weighted by Crippen LogP contribution is -2.59. The molecule has 1 aromatic heterocycles. The first-order chi connectivity index (χ1) is 14.3. The largest absolute Gasteiger partial charge is 0.467 e. The van der Waals surface area contributed by atoms with Crippen LogP contribution in [0.5, 0.6) is 0 Å². The van der Waals surface area contributed by atoms with Gasteiger partial charge in [0.1, 0.15) is 22.7 Å². The number of amides is 3. The van der Waals surface area contributed by atoms with Crippen LogP contribution in [0.3, 0.4) is 0 Å². The number of carbonyl (C=O) groups excluding carboxylic acids is 3. The Morgan fingerprint density at radius 1 is 1.30 bits per heavy atom. The van der Waals surface area contributed by atoms with Crippen molar-refractivity contribution in [1.29, 1.82) is 0 Å². The van der Waals surface area contributed by atoms with Crippen molar-refractivity contribution in [2.45, 2.75) is 43.2 Å². The molecule has 8 nitrogen and oxygen atoms in total. The highest BCUT2D eigenvalue weighted by molar-refractivity contribution is 8.01. The predicted molar refractivity (Wildman–Crippen MR) is 112 cm³/mol. The van der Waals surface area contributed by atoms with Crippen LogP contribution < -0.4 is 11.1 Å². The normalized spacial score (nSPS) is 21.9. The number of nitrogens with two attached hydrogens (primary N) is 1. The third-order valence-electron chi connectivity index (χ3n) is 5.21. The first kappa shape index (κ1) is 21.9. The predicted octanol–water partition coefficient (Wildman–Crippen LogP) is 1.04. The van der Waals surface area contributed by atoms with Gasteiger partial charge in [-0.1, -0.05) is 30.3 Å². The first-order valence-electron chi connectivity index (χ1n) is 9.59. The molecule has 0 radical (unpaired) electrons. The number of hydrogen-bond donors (Lipinski definition) is 3. The summed E-state index contributed by atoms with van der Waals surface area (Å²) in [5, 5.41) is 13.2. The number of aryl methyl sites for hydroxylation is 1. The number of furan rings is 1. The fraction of sp³-hybridized carbons (Fsp3) is 0.381. The third kappa shape index (κ3) is 4.68. The number of aliphatic hydroxyl groups excluding tert-OH is 1. The van der Waals surface area contributed by atoms with Crippen molar-refractivity contribution < 1.29 is 23.9 Å². The van der Waals surface area contributed by atoms with Gasteiger partial charge < -0.3 is 25.5 Å². The standard InChI is InChI=1S/C21H25N3O5S/c1-21(20(22)28)17(18(26)23-12-15-8-5-11-29-15)24(13-30-21)19(27)16(25)10-9-14-6-3-2-4-7-14/h2-8,11,16-17,25H,9-10,12-13H2,1H3,(H2,22,28)(H,23,26)/t16-,17?,21+/m0/s1. The molecule has 3 amide bonds. The summed E-state index contributed by atoms with van der Waals surface area (Å²) in [7, 11) is 0. The SMILES string of the molecule is C[C@@]1(C(N)=O)SCN(C(=O)[C@@H](O)CCc2ccccc2)C1C(=O)NCc1ccco1. The maximum atomic E-state index is 12.9. The van der Waals surface area contributed by atoms with Crippen LogP contribution in [0, 0.1) is 0 Å². The lowest BCUT2D eigenvalue weighted by atomic mass is 9.97. The second-order valence-electron chi connectivity index (χ2n) is 7.29. The van der Waals surface area contributed by atoms with Crippen molar-refractivity contribution in [3.05, 3.63) is 60.1 Å². The van der Waals surface area contributed by atoms with E-state index in [2.05, 4.69) is 5.32 Å². The number of rotatable bonds is 8. The molecule has 0 aliphatic carbocycles. The van der Waals surface area contributed by atoms with Gasteiger partial charge in [0.25, 0.3) is 5.91 Å². The molecular formula is C21H25N3O5S. The van der Waals surface area contributed by atoms with Gasteiger partial charge in [-0.05, 0) is 37.5 Å². The quantitative estimate of drug-likeness (QED) is 0.573. The summed E-state index contributed by atoms with van der Waals surface area (Å²) in [6.45, 7) is 1.65. The van der Waals surface area contributed by atoms with Gasteiger partial charge in [0.15, 0.2) is 0 Å². The van der Waals surface area contributed by atoms with Gasteiger partial charge in [0.05, 0.1) is 18.7 Å². The molecule has 2 heterocycles.